The third-order valence-corrected chi connectivity index (χ3v) is 7.74. The highest BCUT2D eigenvalue weighted by Gasteiger charge is 2.50. The third-order valence-electron chi connectivity index (χ3n) is 5.23. The molecule has 0 saturated carbocycles. The zero-order chi connectivity index (χ0) is 23.5. The summed E-state index contributed by atoms with van der Waals surface area (Å²) in [6.45, 7) is 1.24. The van der Waals surface area contributed by atoms with Gasteiger partial charge in [0.05, 0.1) is 23.8 Å². The van der Waals surface area contributed by atoms with Crippen LogP contribution >= 0.6 is 35.6 Å². The maximum Gasteiger partial charge on any atom is 0.244 e. The fraction of sp³-hybridized carbons (Fsp3) is 0.381. The van der Waals surface area contributed by atoms with Crippen LogP contribution in [-0.2, 0) is 10.0 Å². The summed E-state index contributed by atoms with van der Waals surface area (Å²) in [6, 6.07) is 9.91. The monoisotopic (exact) mass is 537 g/mol. The average Bonchev–Trinajstić information content (AvgIpc) is 2.69. The predicted octanol–water partition coefficient (Wildman–Crippen LogP) is 3.42. The number of ether oxygens (including phenoxy) is 1. The summed E-state index contributed by atoms with van der Waals surface area (Å²) >= 11 is 12.0. The number of nitriles is 1. The van der Waals surface area contributed by atoms with E-state index in [-0.39, 0.29) is 59.9 Å². The molecule has 1 aliphatic heterocycles. The summed E-state index contributed by atoms with van der Waals surface area (Å²) in [4.78, 5) is 1.85. The Morgan fingerprint density at radius 1 is 1.27 bits per heavy atom. The average molecular weight is 539 g/mol. The highest BCUT2D eigenvalue weighted by molar-refractivity contribution is 7.89. The van der Waals surface area contributed by atoms with E-state index in [4.69, 9.17) is 33.2 Å². The van der Waals surface area contributed by atoms with E-state index in [9.17, 15) is 17.9 Å². The molecule has 2 aromatic carbocycles. The van der Waals surface area contributed by atoms with Crippen molar-refractivity contribution in [3.63, 3.8) is 0 Å². The van der Waals surface area contributed by atoms with Crippen LogP contribution < -0.4 is 4.74 Å². The number of benzene rings is 2. The second-order valence-electron chi connectivity index (χ2n) is 7.85. The van der Waals surface area contributed by atoms with Gasteiger partial charge in [0.1, 0.15) is 22.5 Å². The highest BCUT2D eigenvalue weighted by Crippen LogP contribution is 2.38. The normalized spacial score (nSPS) is 15.4. The van der Waals surface area contributed by atoms with Crippen molar-refractivity contribution in [2.45, 2.75) is 4.90 Å². The number of likely N-dealkylation sites (N-methyl/N-ethyl adjacent to an activating group) is 1. The Bertz CT molecular complexity index is 1140. The number of halogens is 4. The minimum Gasteiger partial charge on any atom is -0.493 e. The van der Waals surface area contributed by atoms with Crippen molar-refractivity contribution >= 4 is 45.6 Å². The zero-order valence-electron chi connectivity index (χ0n) is 17.7. The van der Waals surface area contributed by atoms with Gasteiger partial charge in [-0.25, -0.2) is 12.8 Å². The Kier molecular flexibility index (Phi) is 9.36. The van der Waals surface area contributed by atoms with Crippen LogP contribution in [0.3, 0.4) is 0 Å². The summed E-state index contributed by atoms with van der Waals surface area (Å²) in [5.41, 5.74) is -0.671. The van der Waals surface area contributed by atoms with Crippen LogP contribution in [-0.4, -0.2) is 69.2 Å². The molecule has 0 bridgehead atoms. The van der Waals surface area contributed by atoms with Crippen LogP contribution in [0.15, 0.2) is 41.3 Å². The minimum absolute atomic E-state index is 0. The maximum atomic E-state index is 13.9. The first-order valence-corrected chi connectivity index (χ1v) is 11.9. The molecular weight excluding hydrogens is 516 g/mol. The van der Waals surface area contributed by atoms with Crippen LogP contribution in [0, 0.1) is 22.6 Å². The molecule has 0 amide bonds. The lowest BCUT2D eigenvalue weighted by Gasteiger charge is -2.50. The molecule has 12 heteroatoms. The zero-order valence-corrected chi connectivity index (χ0v) is 20.8. The quantitative estimate of drug-likeness (QED) is 0.526. The Morgan fingerprint density at radius 2 is 1.97 bits per heavy atom. The molecule has 3 rings (SSSR count). The van der Waals surface area contributed by atoms with Gasteiger partial charge in [-0.3, -0.25) is 0 Å². The van der Waals surface area contributed by atoms with Gasteiger partial charge in [0, 0.05) is 42.7 Å². The van der Waals surface area contributed by atoms with E-state index in [0.29, 0.717) is 18.1 Å². The van der Waals surface area contributed by atoms with Crippen molar-refractivity contribution in [3.8, 4) is 11.8 Å². The van der Waals surface area contributed by atoms with Gasteiger partial charge >= 0.3 is 0 Å². The number of aliphatic hydroxyl groups excluding tert-OH is 1. The van der Waals surface area contributed by atoms with Gasteiger partial charge in [-0.15, -0.1) is 12.4 Å². The number of hydrogen-bond donors (Lipinski definition) is 1. The molecule has 7 nitrogen and oxygen atoms in total. The van der Waals surface area contributed by atoms with Crippen LogP contribution in [0.2, 0.25) is 10.0 Å². The molecule has 0 aromatic heterocycles. The van der Waals surface area contributed by atoms with Crippen LogP contribution in [0.25, 0.3) is 0 Å². The van der Waals surface area contributed by atoms with Crippen LogP contribution in [0.5, 0.6) is 5.75 Å². The Morgan fingerprint density at radius 3 is 2.55 bits per heavy atom. The lowest BCUT2D eigenvalue weighted by molar-refractivity contribution is -0.00881. The van der Waals surface area contributed by atoms with E-state index in [1.807, 2.05) is 11.9 Å². The molecule has 1 fully saturated rings. The van der Waals surface area contributed by atoms with Gasteiger partial charge in [-0.1, -0.05) is 23.2 Å². The van der Waals surface area contributed by atoms with E-state index in [0.717, 1.165) is 6.07 Å². The summed E-state index contributed by atoms with van der Waals surface area (Å²) in [5, 5.41) is 18.5. The SMILES string of the molecule is CN(CCO)CC1(COc2ccc(C#N)c(F)c2)CN(S(=O)(=O)c2ccc(Cl)cc2Cl)C1.Cl. The second-order valence-corrected chi connectivity index (χ2v) is 10.6. The molecule has 0 spiro atoms. The predicted molar refractivity (Wildman–Crippen MR) is 126 cm³/mol. The first-order chi connectivity index (χ1) is 15.1. The number of nitrogens with zero attached hydrogens (tertiary/aromatic N) is 3. The fourth-order valence-corrected chi connectivity index (χ4v) is 6.08. The molecule has 1 heterocycles. The van der Waals surface area contributed by atoms with E-state index < -0.39 is 21.3 Å². The molecule has 1 aliphatic rings. The van der Waals surface area contributed by atoms with Crippen molar-refractivity contribution in [2.75, 3.05) is 46.4 Å². The van der Waals surface area contributed by atoms with E-state index in [2.05, 4.69) is 0 Å². The smallest absolute Gasteiger partial charge is 0.244 e. The van der Waals surface area contributed by atoms with E-state index in [1.54, 1.807) is 6.07 Å². The van der Waals surface area contributed by atoms with Crippen LogP contribution in [0.1, 0.15) is 5.56 Å². The summed E-state index contributed by atoms with van der Waals surface area (Å²) in [7, 11) is -2.03. The first-order valence-electron chi connectivity index (χ1n) is 9.67. The number of rotatable bonds is 9. The molecule has 0 atom stereocenters. The van der Waals surface area contributed by atoms with E-state index in [1.165, 1.54) is 34.6 Å². The topological polar surface area (TPSA) is 93.9 Å². The third kappa shape index (κ3) is 6.28. The van der Waals surface area contributed by atoms with Gasteiger partial charge < -0.3 is 14.7 Å². The fourth-order valence-electron chi connectivity index (χ4n) is 3.67. The van der Waals surface area contributed by atoms with Crippen molar-refractivity contribution in [1.29, 1.82) is 5.26 Å². The molecular formula is C21H23Cl3FN3O4S. The Labute approximate surface area is 208 Å². The maximum absolute atomic E-state index is 13.9. The molecule has 0 radical (unpaired) electrons. The van der Waals surface area contributed by atoms with Gasteiger partial charge in [-0.05, 0) is 37.4 Å². The minimum atomic E-state index is -3.84. The molecule has 0 unspecified atom stereocenters. The number of sulfonamides is 1. The van der Waals surface area contributed by atoms with Crippen LogP contribution in [0.4, 0.5) is 4.39 Å². The standard InChI is InChI=1S/C21H22Cl2FN3O4S.ClH/c1-26(6-7-28)11-21(14-31-17-4-2-15(10-25)19(24)9-17)12-27(13-21)32(29,30)20-5-3-16(22)8-18(20)23;/h2-5,8-9,28H,6-7,11-14H2,1H3;1H. The summed E-state index contributed by atoms with van der Waals surface area (Å²) < 4.78 is 47.1. The number of hydrogen-bond acceptors (Lipinski definition) is 6. The second kappa shape index (κ2) is 11.2. The highest BCUT2D eigenvalue weighted by atomic mass is 35.5. The van der Waals surface area contributed by atoms with Crippen molar-refractivity contribution < 1.29 is 22.7 Å². The largest absolute Gasteiger partial charge is 0.493 e. The van der Waals surface area contributed by atoms with Crippen molar-refractivity contribution in [2.24, 2.45) is 5.41 Å². The van der Waals surface area contributed by atoms with Crippen molar-refractivity contribution in [3.05, 3.63) is 57.8 Å². The van der Waals surface area contributed by atoms with Gasteiger partial charge in [-0.2, -0.15) is 9.57 Å². The first kappa shape index (κ1) is 27.6. The molecule has 180 valence electrons. The summed E-state index contributed by atoms with van der Waals surface area (Å²) in [6.07, 6.45) is 0. The lowest BCUT2D eigenvalue weighted by Crippen LogP contribution is -2.64. The van der Waals surface area contributed by atoms with E-state index >= 15 is 0 Å². The van der Waals surface area contributed by atoms with Gasteiger partial charge in [0.2, 0.25) is 10.0 Å². The van der Waals surface area contributed by atoms with Gasteiger partial charge in [0.25, 0.3) is 0 Å². The number of aliphatic hydroxyl groups is 1. The Balaban J connectivity index is 0.00000385. The Hall–Kier alpha value is -1.64. The van der Waals surface area contributed by atoms with Crippen molar-refractivity contribution in [1.82, 2.24) is 9.21 Å². The molecule has 1 N–H and O–H groups in total. The molecule has 1 saturated heterocycles. The molecule has 33 heavy (non-hydrogen) atoms. The molecule has 2 aromatic rings. The summed E-state index contributed by atoms with van der Waals surface area (Å²) in [5.74, 6) is -0.445. The molecule has 0 aliphatic carbocycles. The van der Waals surface area contributed by atoms with Gasteiger partial charge in [0.15, 0.2) is 0 Å². The lowest BCUT2D eigenvalue weighted by atomic mass is 9.82.